The fourth-order valence-corrected chi connectivity index (χ4v) is 5.15. The summed E-state index contributed by atoms with van der Waals surface area (Å²) in [5.41, 5.74) is 1.14. The Kier molecular flexibility index (Phi) is 7.87. The van der Waals surface area contributed by atoms with Crippen LogP contribution in [0.3, 0.4) is 0 Å². The number of para-hydroxylation sites is 1. The molecular weight excluding hydrogens is 428 g/mol. The van der Waals surface area contributed by atoms with E-state index in [0.717, 1.165) is 0 Å². The minimum absolute atomic E-state index is 0.0357. The Morgan fingerprint density at radius 2 is 1.50 bits per heavy atom. The highest BCUT2D eigenvalue weighted by Crippen LogP contribution is 2.19. The summed E-state index contributed by atoms with van der Waals surface area (Å²) in [6.07, 6.45) is 0. The molecule has 1 aliphatic rings. The molecule has 0 radical (unpaired) electrons. The van der Waals surface area contributed by atoms with Gasteiger partial charge in [-0.2, -0.15) is 4.31 Å². The Labute approximate surface area is 189 Å². The molecule has 172 valence electrons. The maximum absolute atomic E-state index is 12.8. The number of hydrogen-bond donors (Lipinski definition) is 1. The van der Waals surface area contributed by atoms with Crippen LogP contribution >= 0.6 is 0 Å². The second-order valence-corrected chi connectivity index (χ2v) is 9.41. The van der Waals surface area contributed by atoms with Gasteiger partial charge in [-0.05, 0) is 38.1 Å². The Morgan fingerprint density at radius 3 is 2.12 bits per heavy atom. The van der Waals surface area contributed by atoms with Crippen LogP contribution in [0.1, 0.15) is 24.2 Å². The quantitative estimate of drug-likeness (QED) is 0.654. The molecule has 0 saturated carbocycles. The molecule has 1 heterocycles. The zero-order chi connectivity index (χ0) is 23.1. The van der Waals surface area contributed by atoms with Crippen molar-refractivity contribution in [1.29, 1.82) is 0 Å². The van der Waals surface area contributed by atoms with Gasteiger partial charge in [-0.1, -0.05) is 30.3 Å². The molecule has 1 aliphatic heterocycles. The molecule has 1 N–H and O–H groups in total. The van der Waals surface area contributed by atoms with E-state index in [2.05, 4.69) is 5.32 Å². The lowest BCUT2D eigenvalue weighted by molar-refractivity contribution is -0.130. The third-order valence-electron chi connectivity index (χ3n) is 5.61. The maximum Gasteiger partial charge on any atom is 0.255 e. The zero-order valence-electron chi connectivity index (χ0n) is 18.5. The Hall–Kier alpha value is -2.91. The second-order valence-electron chi connectivity index (χ2n) is 7.47. The summed E-state index contributed by atoms with van der Waals surface area (Å²) >= 11 is 0. The molecule has 8 nitrogen and oxygen atoms in total. The molecule has 0 aromatic heterocycles. The van der Waals surface area contributed by atoms with Crippen LogP contribution in [0.5, 0.6) is 0 Å². The molecule has 0 unspecified atom stereocenters. The number of benzene rings is 2. The third kappa shape index (κ3) is 5.28. The molecule has 0 spiro atoms. The minimum Gasteiger partial charge on any atom is -0.376 e. The zero-order valence-corrected chi connectivity index (χ0v) is 19.3. The summed E-state index contributed by atoms with van der Waals surface area (Å²) < 4.78 is 26.9. The minimum atomic E-state index is -3.56. The van der Waals surface area contributed by atoms with Crippen LogP contribution < -0.4 is 5.32 Å². The van der Waals surface area contributed by atoms with Crippen molar-refractivity contribution >= 4 is 27.5 Å². The van der Waals surface area contributed by atoms with Gasteiger partial charge in [0.25, 0.3) is 5.91 Å². The number of rotatable bonds is 8. The van der Waals surface area contributed by atoms with Gasteiger partial charge in [-0.3, -0.25) is 9.59 Å². The van der Waals surface area contributed by atoms with Crippen molar-refractivity contribution in [1.82, 2.24) is 14.1 Å². The predicted molar refractivity (Wildman–Crippen MR) is 124 cm³/mol. The van der Waals surface area contributed by atoms with E-state index in [1.54, 1.807) is 58.3 Å². The Morgan fingerprint density at radius 1 is 0.906 bits per heavy atom. The average molecular weight is 459 g/mol. The van der Waals surface area contributed by atoms with E-state index in [1.807, 2.05) is 19.9 Å². The summed E-state index contributed by atoms with van der Waals surface area (Å²) in [6.45, 7) is 6.27. The number of sulfonamides is 1. The standard InChI is InChI=1S/C23H30N4O4S/c1-3-25(4-2)23(29)20-12-8-9-13-21(20)24-18-22(28)26-14-16-27(17-15-26)32(30,31)19-10-6-5-7-11-19/h5-13,24H,3-4,14-18H2,1-2H3. The van der Waals surface area contributed by atoms with E-state index in [9.17, 15) is 18.0 Å². The van der Waals surface area contributed by atoms with E-state index in [1.165, 1.54) is 4.31 Å². The van der Waals surface area contributed by atoms with Gasteiger partial charge in [-0.25, -0.2) is 8.42 Å². The van der Waals surface area contributed by atoms with Crippen molar-refractivity contribution in [2.75, 3.05) is 51.1 Å². The van der Waals surface area contributed by atoms with Crippen LogP contribution in [0, 0.1) is 0 Å². The average Bonchev–Trinajstić information content (AvgIpc) is 2.84. The van der Waals surface area contributed by atoms with E-state index in [0.29, 0.717) is 37.4 Å². The molecule has 1 saturated heterocycles. The first-order chi connectivity index (χ1) is 15.4. The van der Waals surface area contributed by atoms with E-state index in [4.69, 9.17) is 0 Å². The highest BCUT2D eigenvalue weighted by Gasteiger charge is 2.30. The fraction of sp³-hybridized carbons (Fsp3) is 0.391. The van der Waals surface area contributed by atoms with Crippen LogP contribution in [-0.4, -0.2) is 80.2 Å². The lowest BCUT2D eigenvalue weighted by Gasteiger charge is -2.34. The molecule has 0 atom stereocenters. The van der Waals surface area contributed by atoms with Gasteiger partial charge >= 0.3 is 0 Å². The van der Waals surface area contributed by atoms with Crippen molar-refractivity contribution in [3.05, 3.63) is 60.2 Å². The van der Waals surface area contributed by atoms with Gasteiger partial charge in [0.1, 0.15) is 0 Å². The van der Waals surface area contributed by atoms with Crippen molar-refractivity contribution in [2.45, 2.75) is 18.7 Å². The van der Waals surface area contributed by atoms with Gasteiger partial charge in [0.2, 0.25) is 15.9 Å². The highest BCUT2D eigenvalue weighted by atomic mass is 32.2. The summed E-state index contributed by atoms with van der Waals surface area (Å²) in [5.74, 6) is -0.211. The summed E-state index contributed by atoms with van der Waals surface area (Å²) in [4.78, 5) is 29.1. The molecule has 1 fully saturated rings. The molecule has 9 heteroatoms. The summed E-state index contributed by atoms with van der Waals surface area (Å²) in [5, 5.41) is 3.09. The van der Waals surface area contributed by atoms with Crippen LogP contribution in [0.4, 0.5) is 5.69 Å². The molecule has 0 aliphatic carbocycles. The molecule has 2 aromatic carbocycles. The molecule has 2 amide bonds. The second kappa shape index (κ2) is 10.6. The van der Waals surface area contributed by atoms with Crippen LogP contribution in [0.2, 0.25) is 0 Å². The normalized spacial score (nSPS) is 14.8. The number of anilines is 1. The predicted octanol–water partition coefficient (Wildman–Crippen LogP) is 2.11. The molecule has 32 heavy (non-hydrogen) atoms. The Balaban J connectivity index is 1.58. The number of amides is 2. The first kappa shape index (κ1) is 23.7. The van der Waals surface area contributed by atoms with Gasteiger partial charge in [0, 0.05) is 45.0 Å². The van der Waals surface area contributed by atoms with Crippen molar-refractivity contribution in [3.8, 4) is 0 Å². The van der Waals surface area contributed by atoms with Gasteiger partial charge in [0.15, 0.2) is 0 Å². The summed E-state index contributed by atoms with van der Waals surface area (Å²) in [7, 11) is -3.56. The van der Waals surface area contributed by atoms with Crippen molar-refractivity contribution < 1.29 is 18.0 Å². The Bertz CT molecular complexity index is 1030. The number of piperazine rings is 1. The van der Waals surface area contributed by atoms with Crippen LogP contribution in [0.15, 0.2) is 59.5 Å². The number of hydrogen-bond acceptors (Lipinski definition) is 5. The van der Waals surface area contributed by atoms with Crippen molar-refractivity contribution in [2.24, 2.45) is 0 Å². The fourth-order valence-electron chi connectivity index (χ4n) is 3.71. The van der Waals surface area contributed by atoms with E-state index >= 15 is 0 Å². The molecule has 0 bridgehead atoms. The van der Waals surface area contributed by atoms with Crippen LogP contribution in [0.25, 0.3) is 0 Å². The summed E-state index contributed by atoms with van der Waals surface area (Å²) in [6, 6.07) is 15.5. The highest BCUT2D eigenvalue weighted by molar-refractivity contribution is 7.89. The first-order valence-corrected chi connectivity index (χ1v) is 12.3. The van der Waals surface area contributed by atoms with Crippen molar-refractivity contribution in [3.63, 3.8) is 0 Å². The topological polar surface area (TPSA) is 90.0 Å². The molecule has 3 rings (SSSR count). The van der Waals surface area contributed by atoms with Gasteiger partial charge in [0.05, 0.1) is 17.0 Å². The monoisotopic (exact) mass is 458 g/mol. The van der Waals surface area contributed by atoms with Gasteiger partial charge in [-0.15, -0.1) is 0 Å². The smallest absolute Gasteiger partial charge is 0.255 e. The lowest BCUT2D eigenvalue weighted by Crippen LogP contribution is -2.51. The number of carbonyl (C=O) groups excluding carboxylic acids is 2. The van der Waals surface area contributed by atoms with Crippen LogP contribution in [-0.2, 0) is 14.8 Å². The molecule has 2 aromatic rings. The number of nitrogens with zero attached hydrogens (tertiary/aromatic N) is 3. The maximum atomic E-state index is 12.8. The lowest BCUT2D eigenvalue weighted by atomic mass is 10.1. The molecular formula is C23H30N4O4S. The third-order valence-corrected chi connectivity index (χ3v) is 7.52. The van der Waals surface area contributed by atoms with Gasteiger partial charge < -0.3 is 15.1 Å². The van der Waals surface area contributed by atoms with E-state index in [-0.39, 0.29) is 36.3 Å². The first-order valence-electron chi connectivity index (χ1n) is 10.8. The number of nitrogens with one attached hydrogen (secondary N) is 1. The van der Waals surface area contributed by atoms with E-state index < -0.39 is 10.0 Å². The largest absolute Gasteiger partial charge is 0.376 e. The SMILES string of the molecule is CCN(CC)C(=O)c1ccccc1NCC(=O)N1CCN(S(=O)(=O)c2ccccc2)CC1. The number of carbonyl (C=O) groups is 2.